The van der Waals surface area contributed by atoms with E-state index in [-0.39, 0.29) is 30.1 Å². The van der Waals surface area contributed by atoms with E-state index in [1.54, 1.807) is 7.11 Å². The van der Waals surface area contributed by atoms with Crippen molar-refractivity contribution < 1.29 is 14.3 Å². The van der Waals surface area contributed by atoms with Gasteiger partial charge in [0.05, 0.1) is 25.2 Å². The molecule has 2 aliphatic rings. The van der Waals surface area contributed by atoms with Crippen molar-refractivity contribution in [3.8, 4) is 5.75 Å². The molecule has 0 spiro atoms. The number of nitrogens with zero attached hydrogens (tertiary/aromatic N) is 1. The number of hydrogen-bond donors (Lipinski definition) is 1. The molecule has 0 radical (unpaired) electrons. The van der Waals surface area contributed by atoms with E-state index in [1.807, 2.05) is 26.0 Å². The first-order valence-corrected chi connectivity index (χ1v) is 8.36. The summed E-state index contributed by atoms with van der Waals surface area (Å²) in [6.07, 6.45) is 1.03. The Hall–Kier alpha value is -1.59. The van der Waals surface area contributed by atoms with Gasteiger partial charge >= 0.3 is 0 Å². The number of likely N-dealkylation sites (tertiary alicyclic amines) is 1. The standard InChI is InChI=1S/C18H26N2O3/c1-12(2)19-18(21)16-8-15-10-20(11-17(16)23-15)9-13-4-6-14(22-3)7-5-13/h4-7,12,15-17H,8-11H2,1-3H3,(H,19,21)/t15-,16+,17-/m0/s1. The number of ether oxygens (including phenoxy) is 2. The molecule has 0 aliphatic carbocycles. The highest BCUT2D eigenvalue weighted by molar-refractivity contribution is 5.80. The summed E-state index contributed by atoms with van der Waals surface area (Å²) in [4.78, 5) is 14.7. The zero-order valence-electron chi connectivity index (χ0n) is 14.1. The smallest absolute Gasteiger partial charge is 0.226 e. The fraction of sp³-hybridized carbons (Fsp3) is 0.611. The normalized spacial score (nSPS) is 27.2. The summed E-state index contributed by atoms with van der Waals surface area (Å²) in [5, 5.41) is 3.02. The number of rotatable bonds is 5. The number of methoxy groups -OCH3 is 1. The summed E-state index contributed by atoms with van der Waals surface area (Å²) in [6.45, 7) is 6.59. The highest BCUT2D eigenvalue weighted by Gasteiger charge is 2.44. The van der Waals surface area contributed by atoms with Gasteiger partial charge in [0.1, 0.15) is 5.75 Å². The van der Waals surface area contributed by atoms with Crippen LogP contribution in [-0.2, 0) is 16.1 Å². The molecule has 126 valence electrons. The van der Waals surface area contributed by atoms with Gasteiger partial charge < -0.3 is 14.8 Å². The van der Waals surface area contributed by atoms with E-state index in [0.717, 1.165) is 31.8 Å². The summed E-state index contributed by atoms with van der Waals surface area (Å²) < 4.78 is 11.2. The van der Waals surface area contributed by atoms with Crippen LogP contribution >= 0.6 is 0 Å². The molecule has 23 heavy (non-hydrogen) atoms. The van der Waals surface area contributed by atoms with Gasteiger partial charge in [-0.25, -0.2) is 0 Å². The lowest BCUT2D eigenvalue weighted by Crippen LogP contribution is -2.45. The predicted molar refractivity (Wildman–Crippen MR) is 88.3 cm³/mol. The van der Waals surface area contributed by atoms with Crippen LogP contribution in [-0.4, -0.2) is 49.3 Å². The number of amides is 1. The van der Waals surface area contributed by atoms with E-state index in [1.165, 1.54) is 5.56 Å². The summed E-state index contributed by atoms with van der Waals surface area (Å²) in [6, 6.07) is 8.35. The monoisotopic (exact) mass is 318 g/mol. The van der Waals surface area contributed by atoms with Gasteiger partial charge in [-0.1, -0.05) is 12.1 Å². The first-order valence-electron chi connectivity index (χ1n) is 8.36. The van der Waals surface area contributed by atoms with E-state index >= 15 is 0 Å². The van der Waals surface area contributed by atoms with Crippen LogP contribution < -0.4 is 10.1 Å². The largest absolute Gasteiger partial charge is 0.497 e. The Morgan fingerprint density at radius 3 is 2.74 bits per heavy atom. The van der Waals surface area contributed by atoms with Crippen LogP contribution in [0.2, 0.25) is 0 Å². The highest BCUT2D eigenvalue weighted by atomic mass is 16.5. The predicted octanol–water partition coefficient (Wildman–Crippen LogP) is 1.81. The van der Waals surface area contributed by atoms with Gasteiger partial charge in [-0.15, -0.1) is 0 Å². The molecule has 2 fully saturated rings. The minimum atomic E-state index is -0.0109. The molecular formula is C18H26N2O3. The van der Waals surface area contributed by atoms with Crippen molar-refractivity contribution >= 4 is 5.91 Å². The molecule has 5 heteroatoms. The number of nitrogens with one attached hydrogen (secondary N) is 1. The number of carbonyl (C=O) groups is 1. The average Bonchev–Trinajstić information content (AvgIpc) is 2.82. The molecule has 1 amide bonds. The van der Waals surface area contributed by atoms with Crippen LogP contribution in [0.3, 0.4) is 0 Å². The highest BCUT2D eigenvalue weighted by Crippen LogP contribution is 2.32. The second-order valence-corrected chi connectivity index (χ2v) is 6.84. The summed E-state index contributed by atoms with van der Waals surface area (Å²) in [7, 11) is 1.68. The van der Waals surface area contributed by atoms with Crippen molar-refractivity contribution in [2.45, 2.75) is 45.1 Å². The quantitative estimate of drug-likeness (QED) is 0.899. The second-order valence-electron chi connectivity index (χ2n) is 6.84. The topological polar surface area (TPSA) is 50.8 Å². The van der Waals surface area contributed by atoms with Gasteiger partial charge in [-0.3, -0.25) is 9.69 Å². The summed E-state index contributed by atoms with van der Waals surface area (Å²) in [5.74, 6) is 1.00. The molecule has 2 bridgehead atoms. The van der Waals surface area contributed by atoms with E-state index in [0.29, 0.717) is 0 Å². The van der Waals surface area contributed by atoms with Crippen molar-refractivity contribution in [3.63, 3.8) is 0 Å². The lowest BCUT2D eigenvalue weighted by atomic mass is 9.99. The van der Waals surface area contributed by atoms with Gasteiger partial charge in [-0.2, -0.15) is 0 Å². The van der Waals surface area contributed by atoms with Crippen LogP contribution in [0.1, 0.15) is 25.8 Å². The molecule has 0 saturated carbocycles. The van der Waals surface area contributed by atoms with Crippen LogP contribution in [0.4, 0.5) is 0 Å². The van der Waals surface area contributed by atoms with Crippen molar-refractivity contribution in [2.24, 2.45) is 5.92 Å². The van der Waals surface area contributed by atoms with Gasteiger partial charge in [0.2, 0.25) is 5.91 Å². The summed E-state index contributed by atoms with van der Waals surface area (Å²) in [5.41, 5.74) is 1.26. The SMILES string of the molecule is COc1ccc(CN2C[C@@H]3C[C@@H](C(=O)NC(C)C)[C@H](C2)O3)cc1. The Kier molecular flexibility index (Phi) is 4.87. The molecule has 2 saturated heterocycles. The fourth-order valence-corrected chi connectivity index (χ4v) is 3.52. The van der Waals surface area contributed by atoms with E-state index in [9.17, 15) is 4.79 Å². The zero-order chi connectivity index (χ0) is 16.4. The molecule has 2 heterocycles. The van der Waals surface area contributed by atoms with Crippen molar-refractivity contribution in [1.29, 1.82) is 0 Å². The van der Waals surface area contributed by atoms with Gasteiger partial charge in [0.25, 0.3) is 0 Å². The Balaban J connectivity index is 1.59. The Morgan fingerprint density at radius 2 is 2.09 bits per heavy atom. The molecule has 0 unspecified atom stereocenters. The van der Waals surface area contributed by atoms with Crippen molar-refractivity contribution in [1.82, 2.24) is 10.2 Å². The Bertz CT molecular complexity index is 544. The third-order valence-electron chi connectivity index (χ3n) is 4.57. The molecule has 1 aromatic carbocycles. The van der Waals surface area contributed by atoms with Crippen LogP contribution in [0.25, 0.3) is 0 Å². The van der Waals surface area contributed by atoms with Crippen molar-refractivity contribution in [2.75, 3.05) is 20.2 Å². The fourth-order valence-electron chi connectivity index (χ4n) is 3.52. The first-order chi connectivity index (χ1) is 11.0. The minimum Gasteiger partial charge on any atom is -0.497 e. The van der Waals surface area contributed by atoms with Crippen LogP contribution in [0.5, 0.6) is 5.75 Å². The Labute approximate surface area is 137 Å². The van der Waals surface area contributed by atoms with Crippen molar-refractivity contribution in [3.05, 3.63) is 29.8 Å². The second kappa shape index (κ2) is 6.89. The van der Waals surface area contributed by atoms with Gasteiger partial charge in [0, 0.05) is 25.7 Å². The number of benzene rings is 1. The zero-order valence-corrected chi connectivity index (χ0v) is 14.1. The van der Waals surface area contributed by atoms with Gasteiger partial charge in [0.15, 0.2) is 0 Å². The molecule has 0 aromatic heterocycles. The van der Waals surface area contributed by atoms with E-state index in [4.69, 9.17) is 9.47 Å². The maximum Gasteiger partial charge on any atom is 0.226 e. The third kappa shape index (κ3) is 3.85. The van der Waals surface area contributed by atoms with Gasteiger partial charge in [-0.05, 0) is 38.0 Å². The molecule has 3 rings (SSSR count). The lowest BCUT2D eigenvalue weighted by molar-refractivity contribution is -0.128. The maximum atomic E-state index is 12.3. The molecule has 1 aromatic rings. The number of morpholine rings is 1. The average molecular weight is 318 g/mol. The van der Waals surface area contributed by atoms with Crippen LogP contribution in [0, 0.1) is 5.92 Å². The molecule has 5 nitrogen and oxygen atoms in total. The summed E-state index contributed by atoms with van der Waals surface area (Å²) >= 11 is 0. The number of carbonyl (C=O) groups excluding carboxylic acids is 1. The minimum absolute atomic E-state index is 0.0109. The molecule has 2 aliphatic heterocycles. The molecule has 1 N–H and O–H groups in total. The maximum absolute atomic E-state index is 12.3. The number of fused-ring (bicyclic) bond motifs is 2. The van der Waals surface area contributed by atoms with E-state index in [2.05, 4.69) is 22.3 Å². The lowest BCUT2D eigenvalue weighted by Gasteiger charge is -2.32. The van der Waals surface area contributed by atoms with E-state index < -0.39 is 0 Å². The number of hydrogen-bond acceptors (Lipinski definition) is 4. The Morgan fingerprint density at radius 1 is 1.35 bits per heavy atom. The third-order valence-corrected chi connectivity index (χ3v) is 4.57. The molecular weight excluding hydrogens is 292 g/mol. The van der Waals surface area contributed by atoms with Crippen LogP contribution in [0.15, 0.2) is 24.3 Å². The first kappa shape index (κ1) is 16.3. The molecule has 3 atom stereocenters.